The van der Waals surface area contributed by atoms with E-state index in [2.05, 4.69) is 26.0 Å². The number of hydrogen-bond acceptors (Lipinski definition) is 2. The van der Waals surface area contributed by atoms with Gasteiger partial charge in [0, 0.05) is 33.6 Å². The van der Waals surface area contributed by atoms with Crippen LogP contribution in [0.25, 0.3) is 0 Å². The van der Waals surface area contributed by atoms with Crippen molar-refractivity contribution in [1.29, 1.82) is 0 Å². The van der Waals surface area contributed by atoms with Crippen molar-refractivity contribution >= 4 is 16.6 Å². The molecule has 0 radical (unpaired) electrons. The van der Waals surface area contributed by atoms with E-state index in [1.807, 2.05) is 6.07 Å². The van der Waals surface area contributed by atoms with Gasteiger partial charge in [0.2, 0.25) is 0 Å². The van der Waals surface area contributed by atoms with Crippen molar-refractivity contribution in [2.24, 2.45) is 5.92 Å². The summed E-state index contributed by atoms with van der Waals surface area (Å²) in [5.74, 6) is 0.498. The standard InChI is InChI=1S/C18H24O2S/c1-12-5-3-6-13(2)17(12)11-18(19)14-9-15-7-4-8-16(10-14)21(15)20/h3,5-6,14-16H,4,7-11H2,1-2H3. The molecule has 0 saturated carbocycles. The molecule has 2 unspecified atom stereocenters. The van der Waals surface area contributed by atoms with Crippen LogP contribution in [0.3, 0.4) is 0 Å². The molecule has 0 aromatic heterocycles. The molecule has 0 N–H and O–H groups in total. The highest BCUT2D eigenvalue weighted by Gasteiger charge is 2.40. The van der Waals surface area contributed by atoms with E-state index in [9.17, 15) is 9.00 Å². The molecule has 2 bridgehead atoms. The lowest BCUT2D eigenvalue weighted by Gasteiger charge is -2.37. The van der Waals surface area contributed by atoms with E-state index in [1.165, 1.54) is 23.1 Å². The van der Waals surface area contributed by atoms with Gasteiger partial charge < -0.3 is 0 Å². The zero-order valence-electron chi connectivity index (χ0n) is 12.9. The molecule has 1 aromatic carbocycles. The average molecular weight is 304 g/mol. The number of hydrogen-bond donors (Lipinski definition) is 0. The number of fused-ring (bicyclic) bond motifs is 2. The summed E-state index contributed by atoms with van der Waals surface area (Å²) in [6.45, 7) is 4.17. The topological polar surface area (TPSA) is 34.1 Å². The van der Waals surface area contributed by atoms with Crippen molar-refractivity contribution in [3.63, 3.8) is 0 Å². The first-order chi connectivity index (χ1) is 10.1. The van der Waals surface area contributed by atoms with Crippen molar-refractivity contribution in [3.05, 3.63) is 34.9 Å². The summed E-state index contributed by atoms with van der Waals surface area (Å²) in [7, 11) is -0.681. The number of carbonyl (C=O) groups is 1. The van der Waals surface area contributed by atoms with Crippen LogP contribution in [0.5, 0.6) is 0 Å². The summed E-state index contributed by atoms with van der Waals surface area (Å²) < 4.78 is 12.2. The summed E-state index contributed by atoms with van der Waals surface area (Å²) in [5, 5.41) is 0.564. The zero-order valence-corrected chi connectivity index (χ0v) is 13.7. The van der Waals surface area contributed by atoms with Crippen LogP contribution in [0.1, 0.15) is 48.8 Å². The van der Waals surface area contributed by atoms with Crippen LogP contribution in [0, 0.1) is 19.8 Å². The summed E-state index contributed by atoms with van der Waals surface area (Å²) in [4.78, 5) is 12.7. The number of Topliss-reactive ketones (excluding diaryl/α,β-unsaturated/α-hetero) is 1. The van der Waals surface area contributed by atoms with E-state index in [4.69, 9.17) is 0 Å². The van der Waals surface area contributed by atoms with Gasteiger partial charge in [0.15, 0.2) is 0 Å². The normalized spacial score (nSPS) is 31.9. The highest BCUT2D eigenvalue weighted by atomic mass is 32.2. The maximum absolute atomic E-state index is 12.7. The van der Waals surface area contributed by atoms with E-state index in [1.54, 1.807) is 0 Å². The fourth-order valence-electron chi connectivity index (χ4n) is 3.94. The van der Waals surface area contributed by atoms with Gasteiger partial charge in [-0.05, 0) is 56.2 Å². The van der Waals surface area contributed by atoms with Crippen molar-refractivity contribution in [3.8, 4) is 0 Å². The van der Waals surface area contributed by atoms with Crippen molar-refractivity contribution in [1.82, 2.24) is 0 Å². The van der Waals surface area contributed by atoms with Gasteiger partial charge in [-0.3, -0.25) is 9.00 Å². The fourth-order valence-corrected chi connectivity index (χ4v) is 6.13. The molecule has 0 aliphatic carbocycles. The van der Waals surface area contributed by atoms with Crippen LogP contribution < -0.4 is 0 Å². The Morgan fingerprint density at radius 2 is 1.71 bits per heavy atom. The van der Waals surface area contributed by atoms with Gasteiger partial charge in [-0.1, -0.05) is 24.6 Å². The van der Waals surface area contributed by atoms with Gasteiger partial charge in [-0.25, -0.2) is 0 Å². The maximum atomic E-state index is 12.7. The zero-order chi connectivity index (χ0) is 15.0. The Kier molecular flexibility index (Phi) is 4.30. The predicted octanol–water partition coefficient (Wildman–Crippen LogP) is 3.49. The SMILES string of the molecule is Cc1cccc(C)c1CC(=O)C1CC2CCCC(C1)S2=O. The largest absolute Gasteiger partial charge is 0.299 e. The molecule has 0 amide bonds. The lowest BCUT2D eigenvalue weighted by Crippen LogP contribution is -2.41. The van der Waals surface area contributed by atoms with E-state index in [0.717, 1.165) is 25.7 Å². The monoisotopic (exact) mass is 304 g/mol. The third-order valence-electron chi connectivity index (χ3n) is 5.25. The first kappa shape index (κ1) is 15.0. The molecule has 3 rings (SSSR count). The van der Waals surface area contributed by atoms with Crippen LogP contribution >= 0.6 is 0 Å². The van der Waals surface area contributed by atoms with Crippen LogP contribution in [0.2, 0.25) is 0 Å². The molecule has 1 aromatic rings. The smallest absolute Gasteiger partial charge is 0.140 e. The third kappa shape index (κ3) is 2.98. The minimum Gasteiger partial charge on any atom is -0.299 e. The molecule has 0 spiro atoms. The van der Waals surface area contributed by atoms with E-state index in [-0.39, 0.29) is 16.4 Å². The van der Waals surface area contributed by atoms with Gasteiger partial charge in [0.25, 0.3) is 0 Å². The first-order valence-corrected chi connectivity index (χ1v) is 9.31. The molecule has 2 aliphatic heterocycles. The molecule has 2 aliphatic rings. The van der Waals surface area contributed by atoms with Gasteiger partial charge in [-0.15, -0.1) is 0 Å². The first-order valence-electron chi connectivity index (χ1n) is 8.03. The second-order valence-corrected chi connectivity index (χ2v) is 8.68. The number of ketones is 1. The fraction of sp³-hybridized carbons (Fsp3) is 0.611. The molecule has 2 atom stereocenters. The molecule has 114 valence electrons. The predicted molar refractivity (Wildman–Crippen MR) is 86.9 cm³/mol. The van der Waals surface area contributed by atoms with Crippen molar-refractivity contribution in [2.45, 2.75) is 62.9 Å². The number of rotatable bonds is 3. The van der Waals surface area contributed by atoms with Crippen LogP contribution in [0.15, 0.2) is 18.2 Å². The summed E-state index contributed by atoms with van der Waals surface area (Å²) in [6.07, 6.45) is 5.56. The quantitative estimate of drug-likeness (QED) is 0.856. The van der Waals surface area contributed by atoms with Crippen molar-refractivity contribution in [2.75, 3.05) is 0 Å². The molecule has 3 heteroatoms. The van der Waals surface area contributed by atoms with Crippen LogP contribution in [0.4, 0.5) is 0 Å². The highest BCUT2D eigenvalue weighted by Crippen LogP contribution is 2.37. The lowest BCUT2D eigenvalue weighted by atomic mass is 9.84. The Bertz CT molecular complexity index is 542. The number of aryl methyl sites for hydroxylation is 2. The van der Waals surface area contributed by atoms with Gasteiger partial charge >= 0.3 is 0 Å². The Morgan fingerprint density at radius 1 is 1.14 bits per heavy atom. The molecular formula is C18H24O2S. The molecule has 21 heavy (non-hydrogen) atoms. The van der Waals surface area contributed by atoms with Gasteiger partial charge in [-0.2, -0.15) is 0 Å². The third-order valence-corrected chi connectivity index (χ3v) is 7.43. The number of carbonyl (C=O) groups excluding carboxylic acids is 1. The summed E-state index contributed by atoms with van der Waals surface area (Å²) in [5.41, 5.74) is 3.62. The Labute approximate surface area is 129 Å². The Morgan fingerprint density at radius 3 is 2.29 bits per heavy atom. The molecule has 2 saturated heterocycles. The van der Waals surface area contributed by atoms with Crippen molar-refractivity contribution < 1.29 is 9.00 Å². The van der Waals surface area contributed by atoms with Gasteiger partial charge in [0.05, 0.1) is 0 Å². The lowest BCUT2D eigenvalue weighted by molar-refractivity contribution is -0.122. The number of benzene rings is 1. The van der Waals surface area contributed by atoms with E-state index < -0.39 is 10.8 Å². The van der Waals surface area contributed by atoms with E-state index in [0.29, 0.717) is 12.2 Å². The second kappa shape index (κ2) is 6.04. The average Bonchev–Trinajstić information content (AvgIpc) is 2.42. The Balaban J connectivity index is 1.73. The molecule has 2 nitrogen and oxygen atoms in total. The highest BCUT2D eigenvalue weighted by molar-refractivity contribution is 7.86. The summed E-state index contributed by atoms with van der Waals surface area (Å²) in [6, 6.07) is 6.22. The minimum atomic E-state index is -0.681. The molecule has 2 fully saturated rings. The molecular weight excluding hydrogens is 280 g/mol. The maximum Gasteiger partial charge on any atom is 0.140 e. The van der Waals surface area contributed by atoms with Crippen LogP contribution in [-0.2, 0) is 22.0 Å². The minimum absolute atomic E-state index is 0.136. The summed E-state index contributed by atoms with van der Waals surface area (Å²) >= 11 is 0. The Hall–Kier alpha value is -0.960. The van der Waals surface area contributed by atoms with Crippen LogP contribution in [-0.4, -0.2) is 20.5 Å². The second-order valence-electron chi connectivity index (χ2n) is 6.69. The van der Waals surface area contributed by atoms with E-state index >= 15 is 0 Å². The van der Waals surface area contributed by atoms with Gasteiger partial charge in [0.1, 0.15) is 5.78 Å². The molecule has 2 heterocycles.